The van der Waals surface area contributed by atoms with Crippen LogP contribution in [0.4, 0.5) is 11.6 Å². The van der Waals surface area contributed by atoms with Crippen molar-refractivity contribution in [3.05, 3.63) is 106 Å². The van der Waals surface area contributed by atoms with Gasteiger partial charge in [-0.15, -0.1) is 0 Å². The molecule has 5 aromatic rings. The summed E-state index contributed by atoms with van der Waals surface area (Å²) >= 11 is 0. The summed E-state index contributed by atoms with van der Waals surface area (Å²) in [5, 5.41) is 11.7. The van der Waals surface area contributed by atoms with Crippen molar-refractivity contribution in [2.45, 2.75) is 26.8 Å². The van der Waals surface area contributed by atoms with E-state index in [0.29, 0.717) is 39.5 Å². The van der Waals surface area contributed by atoms with Gasteiger partial charge in [-0.1, -0.05) is 56.5 Å². The molecule has 3 N–H and O–H groups in total. The fourth-order valence-electron chi connectivity index (χ4n) is 4.84. The third-order valence-corrected chi connectivity index (χ3v) is 7.03. The lowest BCUT2D eigenvalue weighted by Crippen LogP contribution is -2.33. The minimum absolute atomic E-state index is 0.0341. The van der Waals surface area contributed by atoms with Crippen molar-refractivity contribution >= 4 is 34.2 Å². The Balaban J connectivity index is 1.62. The number of amides is 1. The number of rotatable bonds is 7. The van der Waals surface area contributed by atoms with Crippen LogP contribution in [0.15, 0.2) is 83.4 Å². The Morgan fingerprint density at radius 3 is 2.50 bits per heavy atom. The van der Waals surface area contributed by atoms with E-state index in [1.165, 1.54) is 9.25 Å². The minimum atomic E-state index is -0.717. The molecule has 0 aliphatic heterocycles. The van der Waals surface area contributed by atoms with Crippen molar-refractivity contribution in [3.8, 4) is 17.5 Å². The minimum Gasteiger partial charge on any atom is -0.381 e. The van der Waals surface area contributed by atoms with Crippen LogP contribution >= 0.6 is 0 Å². The Bertz CT molecular complexity index is 2040. The van der Waals surface area contributed by atoms with Crippen molar-refractivity contribution in [1.29, 1.82) is 0 Å². The number of aromatic nitrogens is 6. The fourth-order valence-corrected chi connectivity index (χ4v) is 4.84. The van der Waals surface area contributed by atoms with Crippen molar-refractivity contribution in [1.82, 2.24) is 34.4 Å². The predicted octanol–water partition coefficient (Wildman–Crippen LogP) is 4.24. The van der Waals surface area contributed by atoms with E-state index < -0.39 is 11.9 Å². The average molecular weight is 588 g/mol. The number of nitrogen functional groups attached to an aromatic ring is 1. The van der Waals surface area contributed by atoms with E-state index >= 15 is 0 Å². The first-order valence-electron chi connectivity index (χ1n) is 14.0. The van der Waals surface area contributed by atoms with Gasteiger partial charge in [0, 0.05) is 31.6 Å². The maximum absolute atomic E-state index is 14.2. The molecule has 0 aliphatic carbocycles. The highest BCUT2D eigenvalue weighted by Crippen LogP contribution is 2.27. The number of aryl methyl sites for hydroxylation is 2. The molecule has 44 heavy (non-hydrogen) atoms. The average Bonchev–Trinajstić information content (AvgIpc) is 3.54. The molecule has 0 fully saturated rings. The molecule has 0 bridgehead atoms. The predicted molar refractivity (Wildman–Crippen MR) is 172 cm³/mol. The summed E-state index contributed by atoms with van der Waals surface area (Å²) in [4.78, 5) is 37.5. The normalized spacial score (nSPS) is 12.2. The van der Waals surface area contributed by atoms with E-state index in [4.69, 9.17) is 10.7 Å². The van der Waals surface area contributed by atoms with Gasteiger partial charge in [-0.3, -0.25) is 18.8 Å². The van der Waals surface area contributed by atoms with E-state index in [9.17, 15) is 9.59 Å². The van der Waals surface area contributed by atoms with Gasteiger partial charge < -0.3 is 11.1 Å². The number of hydrogen-bond acceptors (Lipinski definition) is 7. The number of para-hydroxylation sites is 1. The molecule has 0 saturated carbocycles. The molecule has 5 rings (SSSR count). The number of carbonyl (C=O) groups excluding carboxylic acids is 1. The molecule has 0 aliphatic rings. The van der Waals surface area contributed by atoms with E-state index in [-0.39, 0.29) is 22.9 Å². The van der Waals surface area contributed by atoms with Gasteiger partial charge in [0.05, 0.1) is 34.4 Å². The summed E-state index contributed by atoms with van der Waals surface area (Å²) in [6.45, 7) is 9.55. The highest BCUT2D eigenvalue weighted by atomic mass is 16.2. The van der Waals surface area contributed by atoms with Gasteiger partial charge in [-0.25, -0.2) is 14.7 Å². The second-order valence-electron chi connectivity index (χ2n) is 10.6. The SMILES string of the molecule is C=C/C(=N\c1c(C(=O)NC(C)c2nc3cccc(C#Cc4cnn(C)c4)c3c(=O)n2-c2ccccc2)c(N)nn1C)C(C)C. The number of aliphatic imine (C=N–C) groups is 1. The van der Waals surface area contributed by atoms with Crippen molar-refractivity contribution < 1.29 is 4.79 Å². The number of fused-ring (bicyclic) bond motifs is 1. The Kier molecular flexibility index (Phi) is 8.26. The first-order valence-corrected chi connectivity index (χ1v) is 14.0. The van der Waals surface area contributed by atoms with E-state index in [1.54, 1.807) is 55.3 Å². The fraction of sp³-hybridized carbons (Fsp3) is 0.212. The molecule has 2 aromatic carbocycles. The Morgan fingerprint density at radius 2 is 1.84 bits per heavy atom. The summed E-state index contributed by atoms with van der Waals surface area (Å²) in [6.07, 6.45) is 5.10. The van der Waals surface area contributed by atoms with Crippen LogP contribution in [0.1, 0.15) is 54.1 Å². The first kappa shape index (κ1) is 29.7. The molecule has 1 amide bonds. The molecule has 0 saturated heterocycles. The van der Waals surface area contributed by atoms with Gasteiger partial charge in [-0.05, 0) is 43.2 Å². The summed E-state index contributed by atoms with van der Waals surface area (Å²) in [5.41, 5.74) is 8.99. The van der Waals surface area contributed by atoms with Crippen LogP contribution in [-0.4, -0.2) is 40.7 Å². The van der Waals surface area contributed by atoms with E-state index in [2.05, 4.69) is 38.9 Å². The molecule has 11 nitrogen and oxygen atoms in total. The molecule has 3 heterocycles. The Hall–Kier alpha value is -5.76. The zero-order valence-corrected chi connectivity index (χ0v) is 25.2. The molecular formula is C33H33N9O2. The summed E-state index contributed by atoms with van der Waals surface area (Å²) in [7, 11) is 3.48. The monoisotopic (exact) mass is 587 g/mol. The van der Waals surface area contributed by atoms with Crippen LogP contribution in [0.3, 0.4) is 0 Å². The molecule has 1 unspecified atom stereocenters. The van der Waals surface area contributed by atoms with E-state index in [1.807, 2.05) is 51.2 Å². The molecule has 0 spiro atoms. The number of nitrogens with two attached hydrogens (primary N) is 1. The Morgan fingerprint density at radius 1 is 1.09 bits per heavy atom. The maximum atomic E-state index is 14.2. The van der Waals surface area contributed by atoms with Crippen LogP contribution in [0.2, 0.25) is 0 Å². The summed E-state index contributed by atoms with van der Waals surface area (Å²) in [5.74, 6) is 6.43. The highest BCUT2D eigenvalue weighted by Gasteiger charge is 2.26. The number of nitrogens with zero attached hydrogens (tertiary/aromatic N) is 7. The first-order chi connectivity index (χ1) is 21.1. The second kappa shape index (κ2) is 12.2. The lowest BCUT2D eigenvalue weighted by Gasteiger charge is -2.20. The van der Waals surface area contributed by atoms with Crippen LogP contribution < -0.4 is 16.6 Å². The number of allylic oxidation sites excluding steroid dienone is 1. The quantitative estimate of drug-likeness (QED) is 0.216. The van der Waals surface area contributed by atoms with E-state index in [0.717, 1.165) is 5.56 Å². The van der Waals surface area contributed by atoms with Crippen molar-refractivity contribution in [2.24, 2.45) is 25.0 Å². The molecule has 3 aromatic heterocycles. The summed E-state index contributed by atoms with van der Waals surface area (Å²) in [6, 6.07) is 13.8. The maximum Gasteiger partial charge on any atom is 0.267 e. The van der Waals surface area contributed by atoms with Crippen molar-refractivity contribution in [2.75, 3.05) is 5.73 Å². The lowest BCUT2D eigenvalue weighted by molar-refractivity contribution is 0.0939. The highest BCUT2D eigenvalue weighted by molar-refractivity contribution is 6.05. The van der Waals surface area contributed by atoms with Crippen LogP contribution in [-0.2, 0) is 14.1 Å². The zero-order valence-electron chi connectivity index (χ0n) is 25.2. The van der Waals surface area contributed by atoms with Crippen LogP contribution in [0.5, 0.6) is 0 Å². The third kappa shape index (κ3) is 5.78. The molecule has 11 heteroatoms. The number of nitrogens with one attached hydrogen (secondary N) is 1. The van der Waals surface area contributed by atoms with Gasteiger partial charge in [-0.2, -0.15) is 10.2 Å². The standard InChI is InChI=1S/C33H33N9O2/c1-7-25(20(2)3)37-31-28(29(34)39-41(31)6)32(43)36-21(4)30-38-26-15-11-12-23(17-16-22-18-35-40(5)19-22)27(26)33(44)42(30)24-13-9-8-10-14-24/h7-15,18-21H,1H2,2-6H3,(H2,34,39)(H,36,43)/b37-25+. The van der Waals surface area contributed by atoms with Gasteiger partial charge in [0.15, 0.2) is 11.6 Å². The van der Waals surface area contributed by atoms with Gasteiger partial charge in [0.2, 0.25) is 0 Å². The molecule has 1 atom stereocenters. The third-order valence-electron chi connectivity index (χ3n) is 7.03. The van der Waals surface area contributed by atoms with Crippen molar-refractivity contribution in [3.63, 3.8) is 0 Å². The molecular weight excluding hydrogens is 554 g/mol. The van der Waals surface area contributed by atoms with Crippen LogP contribution in [0, 0.1) is 17.8 Å². The molecule has 222 valence electrons. The van der Waals surface area contributed by atoms with Crippen LogP contribution in [0.25, 0.3) is 16.6 Å². The number of hydrogen-bond donors (Lipinski definition) is 2. The smallest absolute Gasteiger partial charge is 0.267 e. The van der Waals surface area contributed by atoms with Gasteiger partial charge in [0.25, 0.3) is 11.5 Å². The van der Waals surface area contributed by atoms with Gasteiger partial charge >= 0.3 is 0 Å². The second-order valence-corrected chi connectivity index (χ2v) is 10.6. The molecule has 0 radical (unpaired) electrons. The topological polar surface area (TPSA) is 138 Å². The zero-order chi connectivity index (χ0) is 31.5. The lowest BCUT2D eigenvalue weighted by atomic mass is 10.1. The summed E-state index contributed by atoms with van der Waals surface area (Å²) < 4.78 is 4.63. The number of benzene rings is 2. The Labute approximate surface area is 254 Å². The largest absolute Gasteiger partial charge is 0.381 e. The number of carbonyl (C=O) groups is 1. The van der Waals surface area contributed by atoms with Gasteiger partial charge in [0.1, 0.15) is 11.4 Å². The number of anilines is 1.